The first-order valence-corrected chi connectivity index (χ1v) is 9.02. The van der Waals surface area contributed by atoms with E-state index >= 15 is 0 Å². The molecule has 0 spiro atoms. The summed E-state index contributed by atoms with van der Waals surface area (Å²) >= 11 is 5.95. The van der Waals surface area contributed by atoms with Gasteiger partial charge in [0.25, 0.3) is 0 Å². The quantitative estimate of drug-likeness (QED) is 0.548. The average Bonchev–Trinajstić information content (AvgIpc) is 2.96. The summed E-state index contributed by atoms with van der Waals surface area (Å²) in [4.78, 5) is 13.7. The minimum atomic E-state index is -0.628. The molecule has 1 aromatic carbocycles. The Morgan fingerprint density at radius 3 is 2.58 bits per heavy atom. The van der Waals surface area contributed by atoms with E-state index in [0.29, 0.717) is 23.3 Å². The molecule has 8 heteroatoms. The van der Waals surface area contributed by atoms with Crippen molar-refractivity contribution in [1.29, 1.82) is 0 Å². The molecule has 7 nitrogen and oxygen atoms in total. The maximum absolute atomic E-state index is 6.07. The van der Waals surface area contributed by atoms with Crippen molar-refractivity contribution in [2.24, 2.45) is 5.73 Å². The van der Waals surface area contributed by atoms with Gasteiger partial charge in [-0.3, -0.25) is 0 Å². The Morgan fingerprint density at radius 2 is 1.92 bits per heavy atom. The van der Waals surface area contributed by atoms with Gasteiger partial charge in [-0.25, -0.2) is 4.98 Å². The summed E-state index contributed by atoms with van der Waals surface area (Å²) in [5.74, 6) is 1.15. The summed E-state index contributed by atoms with van der Waals surface area (Å²) in [5.41, 5.74) is 8.07. The van der Waals surface area contributed by atoms with E-state index in [1.807, 2.05) is 42.7 Å². The number of aromatic nitrogens is 4. The van der Waals surface area contributed by atoms with Crippen molar-refractivity contribution in [2.45, 2.75) is 45.9 Å². The second-order valence-corrected chi connectivity index (χ2v) is 7.27. The van der Waals surface area contributed by atoms with Crippen LogP contribution in [0.5, 0.6) is 0 Å². The number of fused-ring (bicyclic) bond motifs is 1. The summed E-state index contributed by atoms with van der Waals surface area (Å²) in [7, 11) is 0. The van der Waals surface area contributed by atoms with Crippen LogP contribution in [-0.2, 0) is 13.1 Å². The lowest BCUT2D eigenvalue weighted by Crippen LogP contribution is -2.41. The smallest absolute Gasteiger partial charge is 0.228 e. The fraction of sp³-hybridized carbons (Fsp3) is 0.389. The zero-order valence-corrected chi connectivity index (χ0v) is 16.0. The highest BCUT2D eigenvalue weighted by molar-refractivity contribution is 6.30. The van der Waals surface area contributed by atoms with Crippen LogP contribution in [0.15, 0.2) is 30.6 Å². The summed E-state index contributed by atoms with van der Waals surface area (Å²) in [6.45, 7) is 7.30. The van der Waals surface area contributed by atoms with E-state index in [1.165, 1.54) is 0 Å². The van der Waals surface area contributed by atoms with Gasteiger partial charge in [0.15, 0.2) is 17.0 Å². The van der Waals surface area contributed by atoms with Crippen LogP contribution in [0.25, 0.3) is 11.2 Å². The second kappa shape index (κ2) is 7.47. The van der Waals surface area contributed by atoms with Gasteiger partial charge in [-0.2, -0.15) is 9.97 Å². The van der Waals surface area contributed by atoms with Gasteiger partial charge in [-0.1, -0.05) is 30.7 Å². The third-order valence-electron chi connectivity index (χ3n) is 3.74. The van der Waals surface area contributed by atoms with Gasteiger partial charge in [0.1, 0.15) is 0 Å². The minimum absolute atomic E-state index is 0.474. The topological polar surface area (TPSA) is 93.7 Å². The molecule has 0 aliphatic rings. The SMILES string of the molecule is CCCn1cnc2c(NCc3ccc(Cl)cc3)nc(NC(C)(C)N)nc21. The Bertz CT molecular complexity index is 881. The summed E-state index contributed by atoms with van der Waals surface area (Å²) in [6, 6.07) is 7.69. The molecule has 0 fully saturated rings. The lowest BCUT2D eigenvalue weighted by Gasteiger charge is -2.21. The molecular weight excluding hydrogens is 350 g/mol. The van der Waals surface area contributed by atoms with Gasteiger partial charge >= 0.3 is 0 Å². The fourth-order valence-corrected chi connectivity index (χ4v) is 2.73. The first kappa shape index (κ1) is 18.4. The molecule has 2 aromatic heterocycles. The van der Waals surface area contributed by atoms with E-state index < -0.39 is 5.66 Å². The Kier molecular flexibility index (Phi) is 5.29. The van der Waals surface area contributed by atoms with Crippen molar-refractivity contribution in [3.63, 3.8) is 0 Å². The molecule has 26 heavy (non-hydrogen) atoms. The first-order chi connectivity index (χ1) is 12.4. The highest BCUT2D eigenvalue weighted by Gasteiger charge is 2.17. The molecule has 0 aliphatic carbocycles. The molecule has 3 rings (SSSR count). The maximum Gasteiger partial charge on any atom is 0.228 e. The number of nitrogens with two attached hydrogens (primary N) is 1. The van der Waals surface area contributed by atoms with Gasteiger partial charge in [-0.15, -0.1) is 0 Å². The van der Waals surface area contributed by atoms with Gasteiger partial charge < -0.3 is 20.9 Å². The van der Waals surface area contributed by atoms with Crippen molar-refractivity contribution < 1.29 is 0 Å². The van der Waals surface area contributed by atoms with E-state index in [9.17, 15) is 0 Å². The van der Waals surface area contributed by atoms with E-state index in [4.69, 9.17) is 17.3 Å². The number of imidazole rings is 1. The van der Waals surface area contributed by atoms with Gasteiger partial charge in [0, 0.05) is 18.1 Å². The highest BCUT2D eigenvalue weighted by Crippen LogP contribution is 2.23. The Morgan fingerprint density at radius 1 is 1.19 bits per heavy atom. The predicted octanol–water partition coefficient (Wildman–Crippen LogP) is 3.61. The lowest BCUT2D eigenvalue weighted by atomic mass is 10.2. The number of anilines is 2. The Labute approximate surface area is 158 Å². The number of benzene rings is 1. The third-order valence-corrected chi connectivity index (χ3v) is 3.99. The molecule has 0 atom stereocenters. The maximum atomic E-state index is 6.07. The number of hydrogen-bond donors (Lipinski definition) is 3. The number of nitrogens with one attached hydrogen (secondary N) is 2. The van der Waals surface area contributed by atoms with Gasteiger partial charge in [-0.05, 0) is 38.0 Å². The van der Waals surface area contributed by atoms with Gasteiger partial charge in [0.05, 0.1) is 12.0 Å². The molecule has 3 aromatic rings. The highest BCUT2D eigenvalue weighted by atomic mass is 35.5. The van der Waals surface area contributed by atoms with Crippen LogP contribution in [-0.4, -0.2) is 25.2 Å². The summed E-state index contributed by atoms with van der Waals surface area (Å²) in [6.07, 6.45) is 2.79. The fourth-order valence-electron chi connectivity index (χ4n) is 2.60. The largest absolute Gasteiger partial charge is 0.364 e. The van der Waals surface area contributed by atoms with Crippen LogP contribution in [0.3, 0.4) is 0 Å². The van der Waals surface area contributed by atoms with Crippen LogP contribution < -0.4 is 16.4 Å². The van der Waals surface area contributed by atoms with Gasteiger partial charge in [0.2, 0.25) is 5.95 Å². The standard InChI is InChI=1S/C18H24ClN7/c1-4-9-26-11-22-14-15(21-10-12-5-7-13(19)8-6-12)23-17(24-16(14)26)25-18(2,3)20/h5-8,11H,4,9-10,20H2,1-3H3,(H2,21,23,24,25). The molecule has 0 saturated carbocycles. The van der Waals surface area contributed by atoms with E-state index in [2.05, 4.69) is 32.5 Å². The molecule has 0 aliphatic heterocycles. The van der Waals surface area contributed by atoms with Crippen molar-refractivity contribution in [3.05, 3.63) is 41.2 Å². The molecule has 0 saturated heterocycles. The normalized spacial score (nSPS) is 11.7. The van der Waals surface area contributed by atoms with Crippen LogP contribution in [0, 0.1) is 0 Å². The van der Waals surface area contributed by atoms with Crippen molar-refractivity contribution in [2.75, 3.05) is 10.6 Å². The number of hydrogen-bond acceptors (Lipinski definition) is 6. The lowest BCUT2D eigenvalue weighted by molar-refractivity contribution is 0.591. The van der Waals surface area contributed by atoms with Crippen LogP contribution in [0.4, 0.5) is 11.8 Å². The third kappa shape index (κ3) is 4.42. The predicted molar refractivity (Wildman–Crippen MR) is 106 cm³/mol. The van der Waals surface area contributed by atoms with Crippen LogP contribution >= 0.6 is 11.6 Å². The van der Waals surface area contributed by atoms with Crippen LogP contribution in [0.1, 0.15) is 32.8 Å². The zero-order valence-electron chi connectivity index (χ0n) is 15.3. The monoisotopic (exact) mass is 373 g/mol. The number of rotatable bonds is 7. The number of halogens is 1. The molecule has 4 N–H and O–H groups in total. The van der Waals surface area contributed by atoms with E-state index in [1.54, 1.807) is 6.33 Å². The zero-order chi connectivity index (χ0) is 18.7. The Balaban J connectivity index is 1.94. The average molecular weight is 374 g/mol. The van der Waals surface area contributed by atoms with Crippen molar-refractivity contribution in [3.8, 4) is 0 Å². The molecular formula is C18H24ClN7. The molecule has 0 radical (unpaired) electrons. The first-order valence-electron chi connectivity index (χ1n) is 8.64. The minimum Gasteiger partial charge on any atom is -0.364 e. The molecule has 2 heterocycles. The molecule has 0 bridgehead atoms. The second-order valence-electron chi connectivity index (χ2n) is 6.83. The molecule has 0 unspecified atom stereocenters. The van der Waals surface area contributed by atoms with E-state index in [0.717, 1.165) is 29.7 Å². The molecule has 138 valence electrons. The van der Waals surface area contributed by atoms with E-state index in [-0.39, 0.29) is 0 Å². The molecule has 0 amide bonds. The van der Waals surface area contributed by atoms with Crippen molar-refractivity contribution in [1.82, 2.24) is 19.5 Å². The number of nitrogens with zero attached hydrogens (tertiary/aromatic N) is 4. The number of aryl methyl sites for hydroxylation is 1. The Hall–Kier alpha value is -2.38. The summed E-state index contributed by atoms with van der Waals surface area (Å²) < 4.78 is 2.03. The van der Waals surface area contributed by atoms with Crippen LogP contribution in [0.2, 0.25) is 5.02 Å². The van der Waals surface area contributed by atoms with Crippen molar-refractivity contribution >= 4 is 34.5 Å². The summed E-state index contributed by atoms with van der Waals surface area (Å²) in [5, 5.41) is 7.21.